The largest absolute Gasteiger partial charge is 0.491 e. The van der Waals surface area contributed by atoms with Crippen molar-refractivity contribution < 1.29 is 19.4 Å². The highest BCUT2D eigenvalue weighted by atomic mass is 16.5. The van der Waals surface area contributed by atoms with Gasteiger partial charge in [-0.1, -0.05) is 5.21 Å². The molecule has 0 saturated heterocycles. The molecule has 138 valence electrons. The predicted molar refractivity (Wildman–Crippen MR) is 93.5 cm³/mol. The third-order valence-corrected chi connectivity index (χ3v) is 4.53. The lowest BCUT2D eigenvalue weighted by molar-refractivity contribution is -0.148. The maximum Gasteiger partial charge on any atom is 0.329 e. The smallest absolute Gasteiger partial charge is 0.329 e. The molecule has 1 aliphatic carbocycles. The maximum atomic E-state index is 12.5. The van der Waals surface area contributed by atoms with Crippen molar-refractivity contribution in [3.05, 3.63) is 35.7 Å². The summed E-state index contributed by atoms with van der Waals surface area (Å²) in [7, 11) is 0. The van der Waals surface area contributed by atoms with Gasteiger partial charge in [-0.15, -0.1) is 5.10 Å². The lowest BCUT2D eigenvalue weighted by Crippen LogP contribution is -2.59. The number of amides is 1. The molecule has 1 amide bonds. The zero-order valence-corrected chi connectivity index (χ0v) is 15.0. The number of carbonyl (C=O) groups is 2. The van der Waals surface area contributed by atoms with Gasteiger partial charge in [-0.3, -0.25) is 4.79 Å². The Hall–Kier alpha value is -2.90. The van der Waals surface area contributed by atoms with Crippen LogP contribution in [0, 0.1) is 6.92 Å². The molecule has 0 atom stereocenters. The van der Waals surface area contributed by atoms with Crippen LogP contribution in [-0.4, -0.2) is 43.6 Å². The summed E-state index contributed by atoms with van der Waals surface area (Å²) in [6.07, 6.45) is 1.72. The van der Waals surface area contributed by atoms with Crippen LogP contribution in [0.15, 0.2) is 24.3 Å². The Morgan fingerprint density at radius 3 is 2.42 bits per heavy atom. The molecule has 0 aliphatic heterocycles. The van der Waals surface area contributed by atoms with Crippen molar-refractivity contribution in [2.24, 2.45) is 0 Å². The number of rotatable bonds is 6. The van der Waals surface area contributed by atoms with E-state index >= 15 is 0 Å². The third kappa shape index (κ3) is 3.26. The molecule has 1 heterocycles. The molecule has 8 nitrogen and oxygen atoms in total. The predicted octanol–water partition coefficient (Wildman–Crippen LogP) is 2.10. The SMILES string of the molecule is Cc1c(C(=O)NC2(C(=O)O)CCC2)nnn1-c1ccc(OC(C)C)cc1. The van der Waals surface area contributed by atoms with E-state index in [0.29, 0.717) is 18.5 Å². The van der Waals surface area contributed by atoms with Crippen molar-refractivity contribution in [2.45, 2.75) is 51.7 Å². The zero-order valence-electron chi connectivity index (χ0n) is 15.0. The molecule has 8 heteroatoms. The molecule has 2 N–H and O–H groups in total. The van der Waals surface area contributed by atoms with Gasteiger partial charge in [0.1, 0.15) is 11.3 Å². The number of ether oxygens (including phenoxy) is 1. The number of hydrogen-bond donors (Lipinski definition) is 2. The summed E-state index contributed by atoms with van der Waals surface area (Å²) in [5, 5.41) is 19.9. The quantitative estimate of drug-likeness (QED) is 0.819. The fraction of sp³-hybridized carbons (Fsp3) is 0.444. The number of carboxylic acids is 1. The second-order valence-corrected chi connectivity index (χ2v) is 6.79. The number of aliphatic carboxylic acids is 1. The van der Waals surface area contributed by atoms with Crippen molar-refractivity contribution in [3.8, 4) is 11.4 Å². The van der Waals surface area contributed by atoms with Crippen LogP contribution in [0.3, 0.4) is 0 Å². The van der Waals surface area contributed by atoms with Crippen molar-refractivity contribution in [3.63, 3.8) is 0 Å². The Labute approximate surface area is 151 Å². The lowest BCUT2D eigenvalue weighted by atomic mass is 9.76. The average molecular weight is 358 g/mol. The Morgan fingerprint density at radius 2 is 1.92 bits per heavy atom. The van der Waals surface area contributed by atoms with Crippen LogP contribution in [0.1, 0.15) is 49.3 Å². The van der Waals surface area contributed by atoms with Gasteiger partial charge in [-0.2, -0.15) is 0 Å². The monoisotopic (exact) mass is 358 g/mol. The van der Waals surface area contributed by atoms with E-state index in [1.165, 1.54) is 0 Å². The molecular formula is C18H22N4O4. The molecule has 1 aromatic carbocycles. The Kier molecular flexibility index (Phi) is 4.67. The molecule has 1 aromatic heterocycles. The van der Waals surface area contributed by atoms with Gasteiger partial charge in [0.2, 0.25) is 0 Å². The molecular weight excluding hydrogens is 336 g/mol. The summed E-state index contributed by atoms with van der Waals surface area (Å²) in [4.78, 5) is 23.9. The van der Waals surface area contributed by atoms with Gasteiger partial charge in [0.25, 0.3) is 5.91 Å². The summed E-state index contributed by atoms with van der Waals surface area (Å²) < 4.78 is 7.15. The molecule has 1 aliphatic rings. The normalized spacial score (nSPS) is 15.4. The van der Waals surface area contributed by atoms with Crippen molar-refractivity contribution in [1.82, 2.24) is 20.3 Å². The molecule has 0 spiro atoms. The Balaban J connectivity index is 1.79. The first-order valence-corrected chi connectivity index (χ1v) is 8.58. The highest BCUT2D eigenvalue weighted by molar-refractivity contribution is 5.97. The number of carboxylic acid groups (broad SMARTS) is 1. The third-order valence-electron chi connectivity index (χ3n) is 4.53. The van der Waals surface area contributed by atoms with Crippen LogP contribution in [0.4, 0.5) is 0 Å². The highest BCUT2D eigenvalue weighted by Crippen LogP contribution is 2.32. The standard InChI is InChI=1S/C18H22N4O4/c1-11(2)26-14-7-5-13(6-8-14)22-12(3)15(20-21-22)16(23)19-18(17(24)25)9-4-10-18/h5-8,11H,4,9-10H2,1-3H3,(H,19,23)(H,24,25). The highest BCUT2D eigenvalue weighted by Gasteiger charge is 2.46. The van der Waals surface area contributed by atoms with Crippen molar-refractivity contribution in [1.29, 1.82) is 0 Å². The van der Waals surface area contributed by atoms with Gasteiger partial charge in [-0.25, -0.2) is 9.48 Å². The van der Waals surface area contributed by atoms with Crippen LogP contribution in [0.2, 0.25) is 0 Å². The van der Waals surface area contributed by atoms with Gasteiger partial charge in [0.15, 0.2) is 5.69 Å². The van der Waals surface area contributed by atoms with Crippen molar-refractivity contribution >= 4 is 11.9 Å². The van der Waals surface area contributed by atoms with Gasteiger partial charge < -0.3 is 15.2 Å². The number of nitrogens with one attached hydrogen (secondary N) is 1. The molecule has 3 rings (SSSR count). The molecule has 2 aromatic rings. The van der Waals surface area contributed by atoms with E-state index in [9.17, 15) is 14.7 Å². The Morgan fingerprint density at radius 1 is 1.27 bits per heavy atom. The first-order valence-electron chi connectivity index (χ1n) is 8.58. The van der Waals surface area contributed by atoms with Crippen LogP contribution in [-0.2, 0) is 4.79 Å². The molecule has 0 bridgehead atoms. The summed E-state index contributed by atoms with van der Waals surface area (Å²) >= 11 is 0. The second-order valence-electron chi connectivity index (χ2n) is 6.79. The second kappa shape index (κ2) is 6.78. The summed E-state index contributed by atoms with van der Waals surface area (Å²) in [6, 6.07) is 7.30. The number of benzene rings is 1. The van der Waals surface area contributed by atoms with E-state index in [1.54, 1.807) is 11.6 Å². The van der Waals surface area contributed by atoms with E-state index in [2.05, 4.69) is 15.6 Å². The van der Waals surface area contributed by atoms with Crippen LogP contribution in [0.25, 0.3) is 5.69 Å². The fourth-order valence-corrected chi connectivity index (χ4v) is 2.92. The van der Waals surface area contributed by atoms with Gasteiger partial charge in [0.05, 0.1) is 17.5 Å². The lowest BCUT2D eigenvalue weighted by Gasteiger charge is -2.37. The summed E-state index contributed by atoms with van der Waals surface area (Å²) in [6.45, 7) is 5.63. The number of aromatic nitrogens is 3. The van der Waals surface area contributed by atoms with E-state index in [-0.39, 0.29) is 11.8 Å². The first kappa shape index (κ1) is 17.9. The maximum absolute atomic E-state index is 12.5. The van der Waals surface area contributed by atoms with Crippen LogP contribution < -0.4 is 10.1 Å². The van der Waals surface area contributed by atoms with Crippen LogP contribution in [0.5, 0.6) is 5.75 Å². The minimum atomic E-state index is -1.18. The Bertz CT molecular complexity index is 822. The molecule has 0 radical (unpaired) electrons. The van der Waals surface area contributed by atoms with E-state index in [4.69, 9.17) is 4.74 Å². The first-order chi connectivity index (χ1) is 12.3. The van der Waals surface area contributed by atoms with E-state index < -0.39 is 17.4 Å². The minimum Gasteiger partial charge on any atom is -0.491 e. The summed E-state index contributed by atoms with van der Waals surface area (Å²) in [5.74, 6) is -0.786. The molecule has 0 unspecified atom stereocenters. The molecule has 1 fully saturated rings. The van der Waals surface area contributed by atoms with Gasteiger partial charge in [-0.05, 0) is 64.3 Å². The van der Waals surface area contributed by atoms with E-state index in [1.807, 2.05) is 38.1 Å². The number of carbonyl (C=O) groups excluding carboxylic acids is 1. The van der Waals surface area contributed by atoms with Gasteiger partial charge in [0, 0.05) is 0 Å². The topological polar surface area (TPSA) is 106 Å². The molecule has 1 saturated carbocycles. The van der Waals surface area contributed by atoms with E-state index in [0.717, 1.165) is 17.9 Å². The molecule has 26 heavy (non-hydrogen) atoms. The summed E-state index contributed by atoms with van der Waals surface area (Å²) in [5.41, 5.74) is 0.227. The number of nitrogens with zero attached hydrogens (tertiary/aromatic N) is 3. The zero-order chi connectivity index (χ0) is 18.9. The van der Waals surface area contributed by atoms with Gasteiger partial charge >= 0.3 is 5.97 Å². The minimum absolute atomic E-state index is 0.0808. The number of hydrogen-bond acceptors (Lipinski definition) is 5. The fourth-order valence-electron chi connectivity index (χ4n) is 2.92. The van der Waals surface area contributed by atoms with Crippen LogP contribution >= 0.6 is 0 Å². The van der Waals surface area contributed by atoms with Crippen molar-refractivity contribution in [2.75, 3.05) is 0 Å². The average Bonchev–Trinajstić information content (AvgIpc) is 2.92.